The second kappa shape index (κ2) is 9.99. The molecular formula is C24H32ClN3O4S. The van der Waals surface area contributed by atoms with Gasteiger partial charge in [0, 0.05) is 28.9 Å². The Morgan fingerprint density at radius 1 is 1.30 bits per heavy atom. The van der Waals surface area contributed by atoms with Gasteiger partial charge in [-0.3, -0.25) is 4.79 Å². The maximum absolute atomic E-state index is 13.5. The first kappa shape index (κ1) is 25.5. The first-order chi connectivity index (χ1) is 15.5. The minimum absolute atomic E-state index is 0.00682. The molecule has 2 atom stereocenters. The lowest BCUT2D eigenvalue weighted by Gasteiger charge is -2.51. The lowest BCUT2D eigenvalue weighted by atomic mass is 9.66. The normalized spacial score (nSPS) is 21.0. The number of rotatable bonds is 7. The smallest absolute Gasteiger partial charge is 0.357 e. The van der Waals surface area contributed by atoms with Crippen molar-refractivity contribution in [1.82, 2.24) is 9.88 Å². The molecule has 0 spiro atoms. The van der Waals surface area contributed by atoms with E-state index in [4.69, 9.17) is 16.3 Å². The number of anilines is 1. The second-order valence-electron chi connectivity index (χ2n) is 9.39. The highest BCUT2D eigenvalue weighted by molar-refractivity contribution is 7.13. The predicted molar refractivity (Wildman–Crippen MR) is 131 cm³/mol. The van der Waals surface area contributed by atoms with Crippen LogP contribution in [0.3, 0.4) is 0 Å². The third kappa shape index (κ3) is 5.34. The Labute approximate surface area is 204 Å². The molecule has 1 aromatic carbocycles. The van der Waals surface area contributed by atoms with Crippen LogP contribution in [0.4, 0.5) is 5.13 Å². The number of hydrogen-bond donors (Lipinski definition) is 2. The molecule has 0 aliphatic carbocycles. The van der Waals surface area contributed by atoms with Gasteiger partial charge in [-0.2, -0.15) is 0 Å². The van der Waals surface area contributed by atoms with Crippen molar-refractivity contribution in [2.45, 2.75) is 52.7 Å². The molecule has 1 amide bonds. The minimum Gasteiger partial charge on any atom is -0.461 e. The Kier molecular flexibility index (Phi) is 7.71. The summed E-state index contributed by atoms with van der Waals surface area (Å²) in [5.41, 5.74) is -0.615. The third-order valence-corrected chi connectivity index (χ3v) is 7.31. The Hall–Kier alpha value is -2.16. The summed E-state index contributed by atoms with van der Waals surface area (Å²) >= 11 is 7.29. The number of aromatic nitrogens is 1. The summed E-state index contributed by atoms with van der Waals surface area (Å²) in [6, 6.07) is 6.75. The predicted octanol–water partition coefficient (Wildman–Crippen LogP) is 4.56. The fourth-order valence-corrected chi connectivity index (χ4v) is 5.10. The van der Waals surface area contributed by atoms with Gasteiger partial charge in [0.1, 0.15) is 6.04 Å². The van der Waals surface area contributed by atoms with Crippen LogP contribution in [-0.4, -0.2) is 52.6 Å². The number of thiazole rings is 1. The van der Waals surface area contributed by atoms with Crippen LogP contribution in [0.15, 0.2) is 29.6 Å². The van der Waals surface area contributed by atoms with E-state index in [2.05, 4.69) is 10.3 Å². The van der Waals surface area contributed by atoms with Crippen LogP contribution in [0.25, 0.3) is 0 Å². The summed E-state index contributed by atoms with van der Waals surface area (Å²) in [4.78, 5) is 31.5. The van der Waals surface area contributed by atoms with Gasteiger partial charge in [0.25, 0.3) is 0 Å². The number of likely N-dealkylation sites (tertiary alicyclic amines) is 1. The molecule has 1 aromatic heterocycles. The number of carbonyl (C=O) groups is 2. The van der Waals surface area contributed by atoms with Crippen molar-refractivity contribution in [3.63, 3.8) is 0 Å². The number of aliphatic hydroxyl groups is 1. The average Bonchev–Trinajstić information content (AvgIpc) is 3.23. The molecule has 1 fully saturated rings. The van der Waals surface area contributed by atoms with E-state index in [-0.39, 0.29) is 24.1 Å². The maximum atomic E-state index is 13.5. The van der Waals surface area contributed by atoms with Crippen molar-refractivity contribution in [3.8, 4) is 0 Å². The first-order valence-electron chi connectivity index (χ1n) is 11.1. The summed E-state index contributed by atoms with van der Waals surface area (Å²) in [5, 5.41) is 17.5. The molecule has 2 aromatic rings. The van der Waals surface area contributed by atoms with E-state index in [0.29, 0.717) is 29.7 Å². The maximum Gasteiger partial charge on any atom is 0.357 e. The number of carbonyl (C=O) groups excluding carboxylic acids is 2. The van der Waals surface area contributed by atoms with E-state index >= 15 is 0 Å². The van der Waals surface area contributed by atoms with Gasteiger partial charge >= 0.3 is 5.97 Å². The molecule has 0 unspecified atom stereocenters. The third-order valence-electron chi connectivity index (χ3n) is 6.28. The van der Waals surface area contributed by atoms with Gasteiger partial charge in [0.05, 0.1) is 12.2 Å². The Morgan fingerprint density at radius 3 is 2.55 bits per heavy atom. The highest BCUT2D eigenvalue weighted by Crippen LogP contribution is 2.46. The number of hydrogen-bond acceptors (Lipinski definition) is 7. The number of halogens is 1. The van der Waals surface area contributed by atoms with Gasteiger partial charge in [0.15, 0.2) is 10.8 Å². The Bertz CT molecular complexity index is 992. The lowest BCUT2D eigenvalue weighted by Crippen LogP contribution is -2.59. The second-order valence-corrected chi connectivity index (χ2v) is 10.7. The molecule has 0 saturated carbocycles. The van der Waals surface area contributed by atoms with Gasteiger partial charge in [-0.15, -0.1) is 11.3 Å². The highest BCUT2D eigenvalue weighted by atomic mass is 35.5. The fourth-order valence-electron chi connectivity index (χ4n) is 4.25. The van der Waals surface area contributed by atoms with Crippen molar-refractivity contribution in [2.24, 2.45) is 11.3 Å². The summed E-state index contributed by atoms with van der Waals surface area (Å²) in [6.07, 6.45) is 0.419. The topological polar surface area (TPSA) is 91.8 Å². The van der Waals surface area contributed by atoms with Crippen molar-refractivity contribution < 1.29 is 19.4 Å². The molecule has 2 N–H and O–H groups in total. The van der Waals surface area contributed by atoms with Gasteiger partial charge in [-0.1, -0.05) is 51.4 Å². The van der Waals surface area contributed by atoms with E-state index in [1.807, 2.05) is 44.7 Å². The number of nitrogens with one attached hydrogen (secondary N) is 1. The summed E-state index contributed by atoms with van der Waals surface area (Å²) in [5.74, 6) is -0.537. The number of piperidine rings is 1. The summed E-state index contributed by atoms with van der Waals surface area (Å²) in [7, 11) is 0. The molecule has 1 aliphatic rings. The zero-order valence-electron chi connectivity index (χ0n) is 19.7. The van der Waals surface area contributed by atoms with E-state index in [0.717, 1.165) is 5.56 Å². The number of ether oxygens (including phenoxy) is 1. The van der Waals surface area contributed by atoms with Crippen molar-refractivity contribution in [1.29, 1.82) is 0 Å². The van der Waals surface area contributed by atoms with Crippen molar-refractivity contribution in [3.05, 3.63) is 45.9 Å². The van der Waals surface area contributed by atoms with Crippen molar-refractivity contribution in [2.75, 3.05) is 25.0 Å². The standard InChI is InChI=1S/C24H32ClN3O4S/c1-6-32-21(30)18-13-33-22(26-18)27-19(15(2)3)20(29)28-12-11-24(31,23(4,5)14-28)16-7-9-17(25)10-8-16/h7-10,13,15,19,31H,6,11-12,14H2,1-5H3,(H,26,27)/t19-,24+/m1/s1. The van der Waals surface area contributed by atoms with Crippen molar-refractivity contribution >= 4 is 39.9 Å². The zero-order valence-corrected chi connectivity index (χ0v) is 21.3. The quantitative estimate of drug-likeness (QED) is 0.549. The lowest BCUT2D eigenvalue weighted by molar-refractivity contribution is -0.154. The van der Waals surface area contributed by atoms with Crippen LogP contribution in [0.5, 0.6) is 0 Å². The first-order valence-corrected chi connectivity index (χ1v) is 12.4. The van der Waals surface area contributed by atoms with Crippen LogP contribution >= 0.6 is 22.9 Å². The van der Waals surface area contributed by atoms with Crippen LogP contribution < -0.4 is 5.32 Å². The molecule has 3 rings (SSSR count). The van der Waals surface area contributed by atoms with Crippen LogP contribution in [0.2, 0.25) is 5.02 Å². The van der Waals surface area contributed by atoms with Gasteiger partial charge in [-0.25, -0.2) is 9.78 Å². The number of esters is 1. The summed E-state index contributed by atoms with van der Waals surface area (Å²) < 4.78 is 4.99. The molecule has 0 radical (unpaired) electrons. The SMILES string of the molecule is CCOC(=O)c1csc(N[C@@H](C(=O)N2CC[C@](O)(c3ccc(Cl)cc3)C(C)(C)C2)C(C)C)n1. The molecule has 9 heteroatoms. The van der Waals surface area contributed by atoms with Gasteiger partial charge in [0.2, 0.25) is 5.91 Å². The van der Waals surface area contributed by atoms with E-state index in [9.17, 15) is 14.7 Å². The fraction of sp³-hybridized carbons (Fsp3) is 0.542. The van der Waals surface area contributed by atoms with E-state index in [1.54, 1.807) is 24.4 Å². The Morgan fingerprint density at radius 2 is 1.97 bits per heavy atom. The van der Waals surface area contributed by atoms with Crippen LogP contribution in [-0.2, 0) is 15.1 Å². The van der Waals surface area contributed by atoms with Crippen LogP contribution in [0.1, 0.15) is 57.1 Å². The molecule has 1 aliphatic heterocycles. The average molecular weight is 494 g/mol. The number of amides is 1. The molecule has 0 bridgehead atoms. The van der Waals surface area contributed by atoms with Gasteiger partial charge < -0.3 is 20.1 Å². The molecular weight excluding hydrogens is 462 g/mol. The van der Waals surface area contributed by atoms with Crippen LogP contribution in [0, 0.1) is 11.3 Å². The monoisotopic (exact) mass is 493 g/mol. The summed E-state index contributed by atoms with van der Waals surface area (Å²) in [6.45, 7) is 10.7. The Balaban J connectivity index is 1.75. The van der Waals surface area contributed by atoms with Gasteiger partial charge in [-0.05, 0) is 37.0 Å². The highest BCUT2D eigenvalue weighted by Gasteiger charge is 2.50. The molecule has 2 heterocycles. The number of nitrogens with zero attached hydrogens (tertiary/aromatic N) is 2. The van der Waals surface area contributed by atoms with E-state index in [1.165, 1.54) is 11.3 Å². The molecule has 7 nitrogen and oxygen atoms in total. The zero-order chi connectivity index (χ0) is 24.4. The number of benzene rings is 1. The largest absolute Gasteiger partial charge is 0.461 e. The van der Waals surface area contributed by atoms with E-state index < -0.39 is 23.0 Å². The molecule has 1 saturated heterocycles. The minimum atomic E-state index is -1.07. The molecule has 180 valence electrons. The molecule has 33 heavy (non-hydrogen) atoms.